The lowest BCUT2D eigenvalue weighted by molar-refractivity contribution is -0.275. The molecular formula is C28H40O8. The topological polar surface area (TPSA) is 112 Å². The summed E-state index contributed by atoms with van der Waals surface area (Å²) >= 11 is 0. The van der Waals surface area contributed by atoms with E-state index in [1.807, 2.05) is 6.92 Å². The van der Waals surface area contributed by atoms with Gasteiger partial charge in [-0.05, 0) is 39.0 Å². The van der Waals surface area contributed by atoms with Crippen molar-refractivity contribution in [3.05, 3.63) is 11.6 Å². The highest BCUT2D eigenvalue weighted by Gasteiger charge is 2.72. The van der Waals surface area contributed by atoms with Crippen molar-refractivity contribution in [3.8, 4) is 0 Å². The SMILES string of the molecule is CO[C@@H]1C[C@H](O[C@@H]2CC3=CC[C@H]4[C@H]5C(=O)C[C@H]6[C@H](C)O[C@@H](C(=O)[C@@H]4[C@@]3(C)C[C@@H]2O)[C@@]56C)O[C@H](C)[C@@H]1O. The summed E-state index contributed by atoms with van der Waals surface area (Å²) in [5, 5.41) is 21.6. The lowest BCUT2D eigenvalue weighted by atomic mass is 9.46. The first kappa shape index (κ1) is 25.1. The molecule has 0 aromatic heterocycles. The fourth-order valence-corrected chi connectivity index (χ4v) is 9.19. The van der Waals surface area contributed by atoms with E-state index in [4.69, 9.17) is 18.9 Å². The van der Waals surface area contributed by atoms with Crippen molar-refractivity contribution in [2.75, 3.05) is 7.11 Å². The van der Waals surface area contributed by atoms with Gasteiger partial charge in [-0.2, -0.15) is 0 Å². The Morgan fingerprint density at radius 2 is 1.78 bits per heavy atom. The van der Waals surface area contributed by atoms with Gasteiger partial charge in [0.25, 0.3) is 0 Å². The summed E-state index contributed by atoms with van der Waals surface area (Å²) in [6.07, 6.45) is 0.620. The molecule has 3 saturated carbocycles. The molecule has 2 aliphatic heterocycles. The second-order valence-electron chi connectivity index (χ2n) is 12.7. The first-order valence-electron chi connectivity index (χ1n) is 13.6. The van der Waals surface area contributed by atoms with Gasteiger partial charge in [0, 0.05) is 48.5 Å². The Balaban J connectivity index is 1.26. The summed E-state index contributed by atoms with van der Waals surface area (Å²) < 4.78 is 23.8. The summed E-state index contributed by atoms with van der Waals surface area (Å²) in [5.41, 5.74) is 0.156. The Hall–Kier alpha value is -1.16. The van der Waals surface area contributed by atoms with Crippen LogP contribution in [0.2, 0.25) is 0 Å². The van der Waals surface area contributed by atoms with Crippen LogP contribution in [0.3, 0.4) is 0 Å². The number of carbonyl (C=O) groups is 2. The molecule has 2 heterocycles. The standard InChI is InChI=1S/C28H40O8/c1-12-16-9-17(29)22-15-7-6-14-8-19(36-21-10-20(33-5)24(31)13(2)34-21)18(30)11-27(14,3)23(15)25(32)26(35-12)28(16,22)4/h6,12-13,15-16,18-24,26,30-31H,7-11H2,1-5H3/t12-,13+,15-,16-,18-,19+,20+,21-,22-,23+,24-,26-,27-,28+/m0/s1. The molecule has 0 radical (unpaired) electrons. The first-order valence-corrected chi connectivity index (χ1v) is 13.6. The first-order chi connectivity index (χ1) is 17.0. The van der Waals surface area contributed by atoms with Gasteiger partial charge in [-0.1, -0.05) is 25.5 Å². The molecule has 14 atom stereocenters. The van der Waals surface area contributed by atoms with Gasteiger partial charge in [-0.15, -0.1) is 0 Å². The molecular weight excluding hydrogens is 464 g/mol. The molecule has 0 bridgehead atoms. The highest BCUT2D eigenvalue weighted by atomic mass is 16.7. The van der Waals surface area contributed by atoms with Crippen LogP contribution < -0.4 is 0 Å². The Morgan fingerprint density at radius 3 is 2.50 bits per heavy atom. The second kappa shape index (κ2) is 8.42. The number of aliphatic hydroxyl groups is 2. The molecule has 5 fully saturated rings. The largest absolute Gasteiger partial charge is 0.390 e. The van der Waals surface area contributed by atoms with Crippen LogP contribution >= 0.6 is 0 Å². The van der Waals surface area contributed by atoms with Gasteiger partial charge in [0.15, 0.2) is 12.1 Å². The van der Waals surface area contributed by atoms with Crippen molar-refractivity contribution in [1.82, 2.24) is 0 Å². The maximum absolute atomic E-state index is 14.1. The third-order valence-electron chi connectivity index (χ3n) is 11.0. The van der Waals surface area contributed by atoms with Crippen molar-refractivity contribution in [1.29, 1.82) is 0 Å². The van der Waals surface area contributed by atoms with Gasteiger partial charge in [0.1, 0.15) is 18.0 Å². The normalized spacial score (nSPS) is 56.1. The Labute approximate surface area is 212 Å². The zero-order valence-corrected chi connectivity index (χ0v) is 21.9. The summed E-state index contributed by atoms with van der Waals surface area (Å²) in [6.45, 7) is 7.97. The van der Waals surface area contributed by atoms with Crippen molar-refractivity contribution in [2.45, 2.75) is 109 Å². The van der Waals surface area contributed by atoms with Crippen LogP contribution in [0.4, 0.5) is 0 Å². The van der Waals surface area contributed by atoms with Crippen molar-refractivity contribution >= 4 is 11.6 Å². The van der Waals surface area contributed by atoms with Crippen LogP contribution in [0, 0.1) is 34.5 Å². The number of methoxy groups -OCH3 is 1. The quantitative estimate of drug-likeness (QED) is 0.563. The average molecular weight is 505 g/mol. The van der Waals surface area contributed by atoms with E-state index in [0.717, 1.165) is 5.57 Å². The van der Waals surface area contributed by atoms with Crippen LogP contribution in [0.5, 0.6) is 0 Å². The molecule has 8 nitrogen and oxygen atoms in total. The lowest BCUT2D eigenvalue weighted by Gasteiger charge is -2.57. The minimum Gasteiger partial charge on any atom is -0.390 e. The van der Waals surface area contributed by atoms with Gasteiger partial charge >= 0.3 is 0 Å². The Morgan fingerprint density at radius 1 is 1.03 bits per heavy atom. The van der Waals surface area contributed by atoms with Crippen molar-refractivity contribution in [2.24, 2.45) is 34.5 Å². The zero-order chi connectivity index (χ0) is 25.7. The number of aliphatic hydroxyl groups excluding tert-OH is 2. The van der Waals surface area contributed by atoms with E-state index in [1.54, 1.807) is 14.0 Å². The molecule has 0 aromatic rings. The van der Waals surface area contributed by atoms with Crippen LogP contribution in [0.25, 0.3) is 0 Å². The van der Waals surface area contributed by atoms with E-state index in [1.165, 1.54) is 0 Å². The van der Waals surface area contributed by atoms with Crippen LogP contribution in [0.15, 0.2) is 11.6 Å². The van der Waals surface area contributed by atoms with Crippen LogP contribution in [-0.2, 0) is 28.5 Å². The van der Waals surface area contributed by atoms with Gasteiger partial charge in [0.05, 0.1) is 30.5 Å². The maximum atomic E-state index is 14.1. The third kappa shape index (κ3) is 3.27. The lowest BCUT2D eigenvalue weighted by Crippen LogP contribution is -2.62. The number of ether oxygens (including phenoxy) is 4. The monoisotopic (exact) mass is 504 g/mol. The minimum atomic E-state index is -0.783. The molecule has 4 aliphatic carbocycles. The number of allylic oxidation sites excluding steroid dienone is 1. The molecule has 0 unspecified atom stereocenters. The Kier molecular flexibility index (Phi) is 5.88. The molecule has 2 saturated heterocycles. The molecule has 0 spiro atoms. The molecule has 0 aromatic carbocycles. The number of hydrogen-bond donors (Lipinski definition) is 2. The summed E-state index contributed by atoms with van der Waals surface area (Å²) in [5.74, 6) is -0.0656. The maximum Gasteiger partial charge on any atom is 0.166 e. The smallest absolute Gasteiger partial charge is 0.166 e. The van der Waals surface area contributed by atoms with Gasteiger partial charge in [-0.3, -0.25) is 9.59 Å². The third-order valence-corrected chi connectivity index (χ3v) is 11.0. The van der Waals surface area contributed by atoms with Crippen molar-refractivity contribution < 1.29 is 38.7 Å². The highest BCUT2D eigenvalue weighted by Crippen LogP contribution is 2.67. The van der Waals surface area contributed by atoms with Crippen molar-refractivity contribution in [3.63, 3.8) is 0 Å². The van der Waals surface area contributed by atoms with E-state index in [2.05, 4.69) is 19.9 Å². The van der Waals surface area contributed by atoms with E-state index >= 15 is 0 Å². The summed E-state index contributed by atoms with van der Waals surface area (Å²) in [6, 6.07) is 0. The fraction of sp³-hybridized carbons (Fsp3) is 0.857. The van der Waals surface area contributed by atoms with Gasteiger partial charge in [-0.25, -0.2) is 0 Å². The van der Waals surface area contributed by atoms with E-state index in [0.29, 0.717) is 32.1 Å². The molecule has 36 heavy (non-hydrogen) atoms. The van der Waals surface area contributed by atoms with E-state index < -0.39 is 53.7 Å². The number of carbonyl (C=O) groups excluding carboxylic acids is 2. The second-order valence-corrected chi connectivity index (χ2v) is 12.7. The van der Waals surface area contributed by atoms with Gasteiger partial charge < -0.3 is 29.2 Å². The van der Waals surface area contributed by atoms with E-state index in [9.17, 15) is 19.8 Å². The molecule has 200 valence electrons. The minimum absolute atomic E-state index is 0.0463. The van der Waals surface area contributed by atoms with Gasteiger partial charge in [0.2, 0.25) is 0 Å². The van der Waals surface area contributed by atoms with E-state index in [-0.39, 0.29) is 41.3 Å². The van der Waals surface area contributed by atoms with Crippen LogP contribution in [-0.4, -0.2) is 77.9 Å². The number of rotatable bonds is 3. The average Bonchev–Trinajstić information content (AvgIpc) is 3.23. The number of Topliss-reactive ketones (excluding diaryl/α,β-unsaturated/α-hetero) is 2. The Bertz CT molecular complexity index is 979. The van der Waals surface area contributed by atoms with Crippen LogP contribution in [0.1, 0.15) is 59.8 Å². The highest BCUT2D eigenvalue weighted by molar-refractivity contribution is 5.96. The number of fused-ring (bicyclic) bond motifs is 4. The number of hydrogen-bond acceptors (Lipinski definition) is 8. The predicted octanol–water partition coefficient (Wildman–Crippen LogP) is 2.19. The predicted molar refractivity (Wildman–Crippen MR) is 128 cm³/mol. The molecule has 6 aliphatic rings. The molecule has 6 rings (SSSR count). The zero-order valence-electron chi connectivity index (χ0n) is 21.9. The molecule has 8 heteroatoms. The number of ketones is 2. The molecule has 0 amide bonds. The summed E-state index contributed by atoms with van der Waals surface area (Å²) in [4.78, 5) is 27.4. The molecule has 2 N–H and O–H groups in total. The summed E-state index contributed by atoms with van der Waals surface area (Å²) in [7, 11) is 1.56. The fourth-order valence-electron chi connectivity index (χ4n) is 9.19.